The molecule has 15 heavy (non-hydrogen) atoms. The Bertz CT molecular complexity index is 454. The van der Waals surface area contributed by atoms with E-state index < -0.39 is 0 Å². The zero-order chi connectivity index (χ0) is 10.7. The monoisotopic (exact) mass is 217 g/mol. The Morgan fingerprint density at radius 1 is 1.27 bits per heavy atom. The van der Waals surface area contributed by atoms with Gasteiger partial charge in [-0.1, -0.05) is 17.7 Å². The minimum atomic E-state index is 0.492. The van der Waals surface area contributed by atoms with Gasteiger partial charge in [-0.25, -0.2) is 4.98 Å². The van der Waals surface area contributed by atoms with Crippen molar-refractivity contribution >= 4 is 11.6 Å². The van der Waals surface area contributed by atoms with Crippen molar-refractivity contribution in [2.75, 3.05) is 0 Å². The van der Waals surface area contributed by atoms with E-state index in [2.05, 4.69) is 16.9 Å². The van der Waals surface area contributed by atoms with Crippen molar-refractivity contribution < 1.29 is 0 Å². The summed E-state index contributed by atoms with van der Waals surface area (Å²) in [5.41, 5.74) is 2.91. The lowest BCUT2D eigenvalue weighted by Crippen LogP contribution is -1.92. The van der Waals surface area contributed by atoms with Crippen LogP contribution < -0.4 is 0 Å². The minimum absolute atomic E-state index is 0.492. The predicted octanol–water partition coefficient (Wildman–Crippen LogP) is 3.17. The molecule has 0 aliphatic heterocycles. The molecule has 75 valence electrons. The van der Waals surface area contributed by atoms with Crippen molar-refractivity contribution in [3.05, 3.63) is 54.3 Å². The fourth-order valence-electron chi connectivity index (χ4n) is 1.42. The van der Waals surface area contributed by atoms with E-state index in [1.807, 2.05) is 18.2 Å². The molecule has 2 nitrogen and oxygen atoms in total. The summed E-state index contributed by atoms with van der Waals surface area (Å²) in [5, 5.41) is 0.492. The molecular formula is C12H10ClN2. The number of aromatic nitrogens is 2. The number of pyridine rings is 2. The van der Waals surface area contributed by atoms with Crippen LogP contribution in [0.2, 0.25) is 5.15 Å². The van der Waals surface area contributed by atoms with Gasteiger partial charge in [0.2, 0.25) is 0 Å². The van der Waals surface area contributed by atoms with Gasteiger partial charge in [-0.15, -0.1) is 0 Å². The Balaban J connectivity index is 2.56. The Morgan fingerprint density at radius 3 is 2.80 bits per heavy atom. The molecule has 0 aromatic carbocycles. The zero-order valence-corrected chi connectivity index (χ0v) is 8.91. The van der Waals surface area contributed by atoms with Gasteiger partial charge in [0.15, 0.2) is 0 Å². The van der Waals surface area contributed by atoms with E-state index in [4.69, 9.17) is 11.6 Å². The van der Waals surface area contributed by atoms with Crippen LogP contribution in [0.15, 0.2) is 36.7 Å². The Hall–Kier alpha value is -1.41. The summed E-state index contributed by atoms with van der Waals surface area (Å²) in [5.74, 6) is 0. The molecule has 0 unspecified atom stereocenters. The first-order valence-corrected chi connectivity index (χ1v) is 5.04. The summed E-state index contributed by atoms with van der Waals surface area (Å²) < 4.78 is 0. The van der Waals surface area contributed by atoms with Crippen LogP contribution in [0.4, 0.5) is 0 Å². The maximum Gasteiger partial charge on any atom is 0.129 e. The first kappa shape index (κ1) is 10.1. The largest absolute Gasteiger partial charge is 0.264 e. The summed E-state index contributed by atoms with van der Waals surface area (Å²) in [6.45, 7) is 3.87. The number of hydrogen-bond acceptors (Lipinski definition) is 2. The molecular weight excluding hydrogens is 208 g/mol. The van der Waals surface area contributed by atoms with Gasteiger partial charge >= 0.3 is 0 Å². The summed E-state index contributed by atoms with van der Waals surface area (Å²) in [6.07, 6.45) is 4.20. The topological polar surface area (TPSA) is 25.8 Å². The molecule has 0 N–H and O–H groups in total. The first-order valence-electron chi connectivity index (χ1n) is 4.66. The van der Waals surface area contributed by atoms with Gasteiger partial charge < -0.3 is 0 Å². The molecule has 0 atom stereocenters. The van der Waals surface area contributed by atoms with E-state index in [1.165, 1.54) is 0 Å². The van der Waals surface area contributed by atoms with E-state index in [0.29, 0.717) is 11.6 Å². The normalized spacial score (nSPS) is 10.3. The van der Waals surface area contributed by atoms with Gasteiger partial charge in [0.05, 0.1) is 5.69 Å². The molecule has 0 saturated heterocycles. The number of nitrogens with zero attached hydrogens (tertiary/aromatic N) is 2. The van der Waals surface area contributed by atoms with E-state index >= 15 is 0 Å². The smallest absolute Gasteiger partial charge is 0.129 e. The van der Waals surface area contributed by atoms with Gasteiger partial charge in [-0.2, -0.15) is 0 Å². The predicted molar refractivity (Wildman–Crippen MR) is 61.5 cm³/mol. The second kappa shape index (κ2) is 4.41. The van der Waals surface area contributed by atoms with Crippen LogP contribution in [0.3, 0.4) is 0 Å². The van der Waals surface area contributed by atoms with E-state index in [1.54, 1.807) is 18.5 Å². The quantitative estimate of drug-likeness (QED) is 0.723. The van der Waals surface area contributed by atoms with Crippen LogP contribution in [0.5, 0.6) is 0 Å². The molecule has 0 fully saturated rings. The van der Waals surface area contributed by atoms with Crippen LogP contribution in [-0.2, 0) is 6.42 Å². The molecule has 3 heteroatoms. The third-order valence-electron chi connectivity index (χ3n) is 2.15. The average molecular weight is 218 g/mol. The maximum atomic E-state index is 5.87. The second-order valence-corrected chi connectivity index (χ2v) is 3.52. The third-order valence-corrected chi connectivity index (χ3v) is 2.36. The number of rotatable bonds is 2. The van der Waals surface area contributed by atoms with E-state index in [-0.39, 0.29) is 0 Å². The first-order chi connectivity index (χ1) is 7.31. The highest BCUT2D eigenvalue weighted by Gasteiger charge is 2.05. The van der Waals surface area contributed by atoms with Crippen molar-refractivity contribution in [1.29, 1.82) is 0 Å². The molecule has 0 spiro atoms. The molecule has 0 bridgehead atoms. The molecule has 0 aliphatic carbocycles. The molecule has 2 aromatic heterocycles. The highest BCUT2D eigenvalue weighted by atomic mass is 35.5. The lowest BCUT2D eigenvalue weighted by atomic mass is 10.1. The van der Waals surface area contributed by atoms with Gasteiger partial charge in [-0.05, 0) is 37.1 Å². The third kappa shape index (κ3) is 2.16. The van der Waals surface area contributed by atoms with Crippen molar-refractivity contribution in [2.24, 2.45) is 0 Å². The van der Waals surface area contributed by atoms with Crippen LogP contribution >= 0.6 is 11.6 Å². The Morgan fingerprint density at radius 2 is 2.13 bits per heavy atom. The molecule has 0 amide bonds. The van der Waals surface area contributed by atoms with Crippen molar-refractivity contribution in [1.82, 2.24) is 9.97 Å². The fourth-order valence-corrected chi connectivity index (χ4v) is 1.57. The SMILES string of the molecule is [CH2]Cc1ccc(Cl)nc1-c1cccnc1. The Labute approximate surface area is 94.0 Å². The summed E-state index contributed by atoms with van der Waals surface area (Å²) >= 11 is 5.87. The van der Waals surface area contributed by atoms with Crippen LogP contribution in [0, 0.1) is 6.92 Å². The maximum absolute atomic E-state index is 5.87. The molecule has 1 radical (unpaired) electrons. The van der Waals surface area contributed by atoms with Crippen LogP contribution in [0.1, 0.15) is 5.56 Å². The van der Waals surface area contributed by atoms with E-state index in [0.717, 1.165) is 16.8 Å². The average Bonchev–Trinajstić information content (AvgIpc) is 2.30. The number of hydrogen-bond donors (Lipinski definition) is 0. The highest BCUT2D eigenvalue weighted by Crippen LogP contribution is 2.22. The highest BCUT2D eigenvalue weighted by molar-refractivity contribution is 6.29. The van der Waals surface area contributed by atoms with Crippen molar-refractivity contribution in [2.45, 2.75) is 6.42 Å². The summed E-state index contributed by atoms with van der Waals surface area (Å²) in [6, 6.07) is 7.57. The molecule has 2 aromatic rings. The standard InChI is InChI=1S/C12H10ClN2/c1-2-9-5-6-11(13)15-12(9)10-4-3-7-14-8-10/h3-8H,1-2H2. The van der Waals surface area contributed by atoms with E-state index in [9.17, 15) is 0 Å². The van der Waals surface area contributed by atoms with Gasteiger partial charge in [0.1, 0.15) is 5.15 Å². The van der Waals surface area contributed by atoms with Gasteiger partial charge in [0.25, 0.3) is 0 Å². The molecule has 2 rings (SSSR count). The van der Waals surface area contributed by atoms with Crippen LogP contribution in [-0.4, -0.2) is 9.97 Å². The lowest BCUT2D eigenvalue weighted by molar-refractivity contribution is 1.18. The van der Waals surface area contributed by atoms with Crippen molar-refractivity contribution in [3.63, 3.8) is 0 Å². The van der Waals surface area contributed by atoms with Gasteiger partial charge in [-0.3, -0.25) is 4.98 Å². The van der Waals surface area contributed by atoms with Crippen LogP contribution in [0.25, 0.3) is 11.3 Å². The minimum Gasteiger partial charge on any atom is -0.264 e. The summed E-state index contributed by atoms with van der Waals surface area (Å²) in [7, 11) is 0. The lowest BCUT2D eigenvalue weighted by Gasteiger charge is -2.06. The fraction of sp³-hybridized carbons (Fsp3) is 0.0833. The zero-order valence-electron chi connectivity index (χ0n) is 8.15. The molecule has 2 heterocycles. The molecule has 0 aliphatic rings. The van der Waals surface area contributed by atoms with Gasteiger partial charge in [0, 0.05) is 18.0 Å². The molecule has 0 saturated carbocycles. The Kier molecular flexibility index (Phi) is 2.97. The summed E-state index contributed by atoms with van der Waals surface area (Å²) in [4.78, 5) is 8.36. The van der Waals surface area contributed by atoms with Crippen molar-refractivity contribution in [3.8, 4) is 11.3 Å². The second-order valence-electron chi connectivity index (χ2n) is 3.13. The number of halogens is 1.